The summed E-state index contributed by atoms with van der Waals surface area (Å²) < 4.78 is 13.4. The second kappa shape index (κ2) is 8.17. The van der Waals surface area contributed by atoms with Crippen LogP contribution in [-0.4, -0.2) is 39.0 Å². The molecule has 3 nitrogen and oxygen atoms in total. The van der Waals surface area contributed by atoms with Gasteiger partial charge in [0.25, 0.3) is 0 Å². The van der Waals surface area contributed by atoms with Gasteiger partial charge >= 0.3 is 0 Å². The first kappa shape index (κ1) is 21.9. The summed E-state index contributed by atoms with van der Waals surface area (Å²) in [5, 5.41) is 23.1. The van der Waals surface area contributed by atoms with E-state index in [0.717, 1.165) is 36.0 Å². The fourth-order valence-electron chi connectivity index (χ4n) is 4.72. The van der Waals surface area contributed by atoms with Crippen molar-refractivity contribution in [1.82, 2.24) is 4.90 Å². The Labute approximate surface area is 174 Å². The lowest BCUT2D eigenvalue weighted by molar-refractivity contribution is -0.195. The number of hydrogen-bond donors (Lipinski definition) is 2. The van der Waals surface area contributed by atoms with Crippen LogP contribution < -0.4 is 0 Å². The summed E-state index contributed by atoms with van der Waals surface area (Å²) in [6, 6.07) is 14.7. The first-order chi connectivity index (χ1) is 13.6. The number of aliphatic hydroxyl groups is 2. The zero-order valence-corrected chi connectivity index (χ0v) is 18.2. The third kappa shape index (κ3) is 3.98. The molecule has 2 N–H and O–H groups in total. The van der Waals surface area contributed by atoms with Crippen LogP contribution in [0.5, 0.6) is 0 Å². The van der Waals surface area contributed by atoms with E-state index in [0.29, 0.717) is 0 Å². The number of likely N-dealkylation sites (tertiary alicyclic amines) is 1. The molecule has 1 saturated heterocycles. The van der Waals surface area contributed by atoms with Gasteiger partial charge in [-0.05, 0) is 62.4 Å². The molecule has 29 heavy (non-hydrogen) atoms. The number of rotatable bonds is 5. The molecule has 0 spiro atoms. The van der Waals surface area contributed by atoms with Crippen molar-refractivity contribution in [2.45, 2.75) is 83.2 Å². The number of nitrogens with zero attached hydrogens (tertiary/aromatic N) is 1. The van der Waals surface area contributed by atoms with E-state index < -0.39 is 17.2 Å². The first-order valence-corrected chi connectivity index (χ1v) is 10.6. The monoisotopic (exact) mass is 399 g/mol. The Balaban J connectivity index is 2.02. The smallest absolute Gasteiger partial charge is 0.137 e. The minimum atomic E-state index is -1.40. The van der Waals surface area contributed by atoms with Gasteiger partial charge in [-0.1, -0.05) is 56.7 Å². The van der Waals surface area contributed by atoms with Gasteiger partial charge in [-0.15, -0.1) is 0 Å². The Morgan fingerprint density at radius 3 is 2.10 bits per heavy atom. The fourth-order valence-corrected chi connectivity index (χ4v) is 4.72. The third-order valence-corrected chi connectivity index (χ3v) is 7.07. The predicted octanol–water partition coefficient (Wildman–Crippen LogP) is 5.10. The molecule has 1 fully saturated rings. The van der Waals surface area contributed by atoms with E-state index >= 15 is 0 Å². The normalized spacial score (nSPS) is 24.1. The highest BCUT2D eigenvalue weighted by atomic mass is 19.1. The summed E-state index contributed by atoms with van der Waals surface area (Å²) in [6.45, 7) is 9.91. The van der Waals surface area contributed by atoms with Crippen molar-refractivity contribution in [2.24, 2.45) is 0 Å². The lowest BCUT2D eigenvalue weighted by Gasteiger charge is -2.52. The summed E-state index contributed by atoms with van der Waals surface area (Å²) in [7, 11) is 0. The van der Waals surface area contributed by atoms with Gasteiger partial charge in [0.05, 0.1) is 0 Å². The Hall–Kier alpha value is -1.75. The molecule has 4 heteroatoms. The zero-order valence-electron chi connectivity index (χ0n) is 18.2. The molecule has 1 aliphatic rings. The van der Waals surface area contributed by atoms with Gasteiger partial charge in [-0.3, -0.25) is 4.90 Å². The summed E-state index contributed by atoms with van der Waals surface area (Å²) in [4.78, 5) is 2.06. The molecule has 1 aliphatic heterocycles. The highest BCUT2D eigenvalue weighted by Gasteiger charge is 2.51. The highest BCUT2D eigenvalue weighted by Crippen LogP contribution is 2.43. The van der Waals surface area contributed by atoms with Gasteiger partial charge in [0, 0.05) is 17.5 Å². The average Bonchev–Trinajstić information content (AvgIpc) is 2.68. The molecule has 4 unspecified atom stereocenters. The molecule has 0 radical (unpaired) electrons. The largest absolute Gasteiger partial charge is 0.385 e. The first-order valence-electron chi connectivity index (χ1n) is 10.6. The Morgan fingerprint density at radius 2 is 1.52 bits per heavy atom. The van der Waals surface area contributed by atoms with Gasteiger partial charge in [0.2, 0.25) is 0 Å². The number of hydrogen-bond acceptors (Lipinski definition) is 3. The van der Waals surface area contributed by atoms with Crippen molar-refractivity contribution < 1.29 is 14.6 Å². The van der Waals surface area contributed by atoms with Crippen LogP contribution >= 0.6 is 0 Å². The van der Waals surface area contributed by atoms with E-state index in [2.05, 4.69) is 18.7 Å². The molecular weight excluding hydrogens is 365 g/mol. The quantitative estimate of drug-likeness (QED) is 0.735. The minimum Gasteiger partial charge on any atom is -0.385 e. The number of halogens is 1. The molecule has 0 aliphatic carbocycles. The highest BCUT2D eigenvalue weighted by molar-refractivity contribution is 5.69. The van der Waals surface area contributed by atoms with Gasteiger partial charge in [0.1, 0.15) is 17.6 Å². The Bertz CT molecular complexity index is 821. The number of benzene rings is 2. The maximum atomic E-state index is 13.4. The van der Waals surface area contributed by atoms with Gasteiger partial charge in [-0.25, -0.2) is 4.39 Å². The van der Waals surface area contributed by atoms with Gasteiger partial charge < -0.3 is 10.2 Å². The SMILES string of the molecule is CC1CCCC(C)N1C(O)C(C)(O)C(C)(C)c1ccccc1-c1ccc(F)cc1. The lowest BCUT2D eigenvalue weighted by Crippen LogP contribution is -2.64. The van der Waals surface area contributed by atoms with E-state index in [9.17, 15) is 14.6 Å². The Kier molecular flexibility index (Phi) is 6.19. The van der Waals surface area contributed by atoms with Crippen molar-refractivity contribution in [1.29, 1.82) is 0 Å². The minimum absolute atomic E-state index is 0.211. The van der Waals surface area contributed by atoms with E-state index in [4.69, 9.17) is 0 Å². The molecule has 4 atom stereocenters. The molecule has 158 valence electrons. The maximum absolute atomic E-state index is 13.4. The molecule has 0 saturated carbocycles. The van der Waals surface area contributed by atoms with Crippen LogP contribution in [0, 0.1) is 5.82 Å². The predicted molar refractivity (Wildman–Crippen MR) is 116 cm³/mol. The van der Waals surface area contributed by atoms with E-state index in [-0.39, 0.29) is 17.9 Å². The molecule has 0 bridgehead atoms. The maximum Gasteiger partial charge on any atom is 0.137 e. The topological polar surface area (TPSA) is 43.7 Å². The molecular formula is C25H34FNO2. The standard InChI is InChI=1S/C25H34FNO2/c1-17-9-8-10-18(2)27(17)23(28)25(5,29)24(3,4)22-12-7-6-11-21(22)19-13-15-20(26)16-14-19/h6-7,11-18,23,28-29H,8-10H2,1-5H3. The summed E-state index contributed by atoms with van der Waals surface area (Å²) >= 11 is 0. The summed E-state index contributed by atoms with van der Waals surface area (Å²) in [6.07, 6.45) is 2.18. The van der Waals surface area contributed by atoms with Crippen molar-refractivity contribution in [3.8, 4) is 11.1 Å². The Morgan fingerprint density at radius 1 is 0.966 bits per heavy atom. The molecule has 0 amide bonds. The van der Waals surface area contributed by atoms with E-state index in [1.54, 1.807) is 19.1 Å². The van der Waals surface area contributed by atoms with Crippen LogP contribution in [0.15, 0.2) is 48.5 Å². The van der Waals surface area contributed by atoms with Crippen molar-refractivity contribution in [2.75, 3.05) is 0 Å². The van der Waals surface area contributed by atoms with E-state index in [1.807, 2.05) is 38.1 Å². The van der Waals surface area contributed by atoms with Gasteiger partial charge in [-0.2, -0.15) is 0 Å². The van der Waals surface area contributed by atoms with Crippen molar-refractivity contribution >= 4 is 0 Å². The molecule has 0 aromatic heterocycles. The number of piperidine rings is 1. The summed E-state index contributed by atoms with van der Waals surface area (Å²) in [5.41, 5.74) is 0.592. The lowest BCUT2D eigenvalue weighted by atomic mass is 9.67. The molecule has 2 aromatic rings. The summed E-state index contributed by atoms with van der Waals surface area (Å²) in [5.74, 6) is -0.277. The van der Waals surface area contributed by atoms with Crippen molar-refractivity contribution in [3.05, 3.63) is 59.9 Å². The van der Waals surface area contributed by atoms with Crippen molar-refractivity contribution in [3.63, 3.8) is 0 Å². The van der Waals surface area contributed by atoms with Crippen LogP contribution in [-0.2, 0) is 5.41 Å². The third-order valence-electron chi connectivity index (χ3n) is 7.07. The van der Waals surface area contributed by atoms with Crippen LogP contribution in [0.4, 0.5) is 4.39 Å². The zero-order chi connectivity index (χ0) is 21.4. The number of aliphatic hydroxyl groups excluding tert-OH is 1. The van der Waals surface area contributed by atoms with Crippen LogP contribution in [0.3, 0.4) is 0 Å². The second-order valence-electron chi connectivity index (χ2n) is 9.27. The van der Waals surface area contributed by atoms with Crippen LogP contribution in [0.1, 0.15) is 59.4 Å². The van der Waals surface area contributed by atoms with Gasteiger partial charge in [0.15, 0.2) is 0 Å². The molecule has 3 rings (SSSR count). The second-order valence-corrected chi connectivity index (χ2v) is 9.27. The van der Waals surface area contributed by atoms with Crippen LogP contribution in [0.2, 0.25) is 0 Å². The fraction of sp³-hybridized carbons (Fsp3) is 0.520. The molecule has 2 aromatic carbocycles. The average molecular weight is 400 g/mol. The molecule has 1 heterocycles. The van der Waals surface area contributed by atoms with Crippen LogP contribution in [0.25, 0.3) is 11.1 Å². The van der Waals surface area contributed by atoms with E-state index in [1.165, 1.54) is 12.1 Å².